The van der Waals surface area contributed by atoms with E-state index < -0.39 is 11.9 Å². The molecule has 0 saturated carbocycles. The second-order valence-electron chi connectivity index (χ2n) is 3.29. The Kier molecular flexibility index (Phi) is 7.27. The molecule has 0 amide bonds. The summed E-state index contributed by atoms with van der Waals surface area (Å²) in [6, 6.07) is 2.50. The Morgan fingerprint density at radius 3 is 2.38 bits per heavy atom. The van der Waals surface area contributed by atoms with Crippen LogP contribution in [0, 0.1) is 5.82 Å². The smallest absolute Gasteiger partial charge is 0.148 e. The molecule has 0 fully saturated rings. The lowest BCUT2D eigenvalue weighted by Gasteiger charge is -2.14. The summed E-state index contributed by atoms with van der Waals surface area (Å²) >= 11 is 11.5. The second kappa shape index (κ2) is 7.30. The van der Waals surface area contributed by atoms with Gasteiger partial charge in [0, 0.05) is 16.6 Å². The topological polar surface area (TPSA) is 52.0 Å². The summed E-state index contributed by atoms with van der Waals surface area (Å²) in [7, 11) is 0. The van der Waals surface area contributed by atoms with Crippen LogP contribution in [0.15, 0.2) is 12.1 Å². The molecular formula is C10H14Cl3FN2. The molecule has 1 aromatic carbocycles. The molecule has 92 valence electrons. The van der Waals surface area contributed by atoms with Gasteiger partial charge in [0.05, 0.1) is 5.02 Å². The summed E-state index contributed by atoms with van der Waals surface area (Å²) in [6.45, 7) is 0.521. The summed E-state index contributed by atoms with van der Waals surface area (Å²) in [4.78, 5) is 0. The number of hydrogen-bond acceptors (Lipinski definition) is 2. The van der Waals surface area contributed by atoms with Gasteiger partial charge in [-0.1, -0.05) is 23.2 Å². The van der Waals surface area contributed by atoms with Crippen molar-refractivity contribution >= 4 is 35.6 Å². The van der Waals surface area contributed by atoms with Crippen LogP contribution in [0.4, 0.5) is 4.39 Å². The standard InChI is InChI=1S/C10H13Cl2FN2.ClH/c11-6-3-4-7(12)10(13)9(6)8(15)2-1-5-14;/h3-4,8H,1-2,5,14-15H2;1H/t8-;/m0./s1. The predicted octanol–water partition coefficient (Wildman–Crippen LogP) is 3.29. The van der Waals surface area contributed by atoms with E-state index in [0.29, 0.717) is 18.0 Å². The molecule has 0 bridgehead atoms. The van der Waals surface area contributed by atoms with Gasteiger partial charge in [0.25, 0.3) is 0 Å². The molecule has 16 heavy (non-hydrogen) atoms. The van der Waals surface area contributed by atoms with Crippen molar-refractivity contribution in [2.45, 2.75) is 18.9 Å². The predicted molar refractivity (Wildman–Crippen MR) is 68.9 cm³/mol. The summed E-state index contributed by atoms with van der Waals surface area (Å²) in [5.41, 5.74) is 11.4. The average molecular weight is 288 g/mol. The minimum atomic E-state index is -0.534. The van der Waals surface area contributed by atoms with Gasteiger partial charge >= 0.3 is 0 Å². The van der Waals surface area contributed by atoms with Gasteiger partial charge in [-0.3, -0.25) is 0 Å². The molecule has 0 heterocycles. The highest BCUT2D eigenvalue weighted by Gasteiger charge is 2.17. The van der Waals surface area contributed by atoms with Crippen LogP contribution in [0.5, 0.6) is 0 Å². The van der Waals surface area contributed by atoms with Crippen LogP contribution in [-0.4, -0.2) is 6.54 Å². The number of rotatable bonds is 4. The molecule has 0 aliphatic carbocycles. The lowest BCUT2D eigenvalue weighted by molar-refractivity contribution is 0.554. The van der Waals surface area contributed by atoms with Crippen LogP contribution < -0.4 is 11.5 Å². The van der Waals surface area contributed by atoms with Gasteiger partial charge < -0.3 is 11.5 Å². The van der Waals surface area contributed by atoms with E-state index in [2.05, 4.69) is 0 Å². The number of halogens is 4. The third kappa shape index (κ3) is 3.75. The van der Waals surface area contributed by atoms with Crippen molar-refractivity contribution in [2.75, 3.05) is 6.54 Å². The first-order valence-corrected chi connectivity index (χ1v) is 5.42. The minimum Gasteiger partial charge on any atom is -0.330 e. The second-order valence-corrected chi connectivity index (χ2v) is 4.11. The van der Waals surface area contributed by atoms with Crippen molar-refractivity contribution < 1.29 is 4.39 Å². The fourth-order valence-corrected chi connectivity index (χ4v) is 1.82. The molecule has 0 unspecified atom stereocenters. The van der Waals surface area contributed by atoms with Gasteiger partial charge in [-0.05, 0) is 31.5 Å². The van der Waals surface area contributed by atoms with Gasteiger partial charge in [0.15, 0.2) is 0 Å². The van der Waals surface area contributed by atoms with Crippen LogP contribution >= 0.6 is 35.6 Å². The van der Waals surface area contributed by atoms with E-state index >= 15 is 0 Å². The number of hydrogen-bond donors (Lipinski definition) is 2. The lowest BCUT2D eigenvalue weighted by Crippen LogP contribution is -2.14. The maximum absolute atomic E-state index is 13.6. The first-order valence-electron chi connectivity index (χ1n) is 4.67. The average Bonchev–Trinajstić information content (AvgIpc) is 2.21. The fraction of sp³-hybridized carbons (Fsp3) is 0.400. The Bertz CT molecular complexity index is 347. The minimum absolute atomic E-state index is 0. The van der Waals surface area contributed by atoms with Crippen molar-refractivity contribution in [3.63, 3.8) is 0 Å². The van der Waals surface area contributed by atoms with E-state index in [4.69, 9.17) is 34.7 Å². The number of nitrogens with two attached hydrogens (primary N) is 2. The normalized spacial score (nSPS) is 12.1. The molecule has 1 atom stereocenters. The molecule has 0 saturated heterocycles. The van der Waals surface area contributed by atoms with Crippen LogP contribution in [0.25, 0.3) is 0 Å². The Balaban J connectivity index is 0.00000225. The first-order chi connectivity index (χ1) is 7.07. The number of benzene rings is 1. The van der Waals surface area contributed by atoms with Gasteiger partial charge in [-0.25, -0.2) is 4.39 Å². The van der Waals surface area contributed by atoms with Crippen LogP contribution in [-0.2, 0) is 0 Å². The highest BCUT2D eigenvalue weighted by molar-refractivity contribution is 6.33. The lowest BCUT2D eigenvalue weighted by atomic mass is 10.0. The van der Waals surface area contributed by atoms with Gasteiger partial charge in [-0.15, -0.1) is 12.4 Å². The zero-order valence-electron chi connectivity index (χ0n) is 8.55. The zero-order chi connectivity index (χ0) is 11.4. The largest absolute Gasteiger partial charge is 0.330 e. The van der Waals surface area contributed by atoms with Crippen LogP contribution in [0.2, 0.25) is 10.0 Å². The van der Waals surface area contributed by atoms with Gasteiger partial charge in [-0.2, -0.15) is 0 Å². The summed E-state index contributed by atoms with van der Waals surface area (Å²) < 4.78 is 13.6. The monoisotopic (exact) mass is 286 g/mol. The van der Waals surface area contributed by atoms with Crippen molar-refractivity contribution in [3.05, 3.63) is 33.6 Å². The highest BCUT2D eigenvalue weighted by atomic mass is 35.5. The van der Waals surface area contributed by atoms with E-state index in [1.165, 1.54) is 6.07 Å². The molecule has 0 aliphatic heterocycles. The summed E-state index contributed by atoms with van der Waals surface area (Å²) in [5.74, 6) is -0.534. The van der Waals surface area contributed by atoms with Gasteiger partial charge in [0.1, 0.15) is 5.82 Å². The summed E-state index contributed by atoms with van der Waals surface area (Å²) in [5, 5.41) is 0.346. The van der Waals surface area contributed by atoms with E-state index in [1.807, 2.05) is 0 Å². The molecule has 0 aliphatic rings. The van der Waals surface area contributed by atoms with Gasteiger partial charge in [0.2, 0.25) is 0 Å². The van der Waals surface area contributed by atoms with Crippen LogP contribution in [0.3, 0.4) is 0 Å². The third-order valence-electron chi connectivity index (χ3n) is 2.17. The zero-order valence-corrected chi connectivity index (χ0v) is 10.9. The van der Waals surface area contributed by atoms with Crippen molar-refractivity contribution in [2.24, 2.45) is 11.5 Å². The molecule has 1 aromatic rings. The Hall–Kier alpha value is -0.0600. The summed E-state index contributed by atoms with van der Waals surface area (Å²) in [6.07, 6.45) is 1.32. The molecule has 6 heteroatoms. The van der Waals surface area contributed by atoms with Crippen molar-refractivity contribution in [1.29, 1.82) is 0 Å². The molecule has 2 nitrogen and oxygen atoms in total. The SMILES string of the molecule is Cl.NCCC[C@H](N)c1c(Cl)ccc(Cl)c1F. The molecule has 0 aromatic heterocycles. The Morgan fingerprint density at radius 1 is 1.25 bits per heavy atom. The highest BCUT2D eigenvalue weighted by Crippen LogP contribution is 2.31. The molecule has 4 N–H and O–H groups in total. The quantitative estimate of drug-likeness (QED) is 0.835. The molecule has 1 rings (SSSR count). The maximum Gasteiger partial charge on any atom is 0.148 e. The van der Waals surface area contributed by atoms with E-state index in [9.17, 15) is 4.39 Å². The molecule has 0 spiro atoms. The van der Waals surface area contributed by atoms with E-state index in [1.54, 1.807) is 6.07 Å². The van der Waals surface area contributed by atoms with E-state index in [-0.39, 0.29) is 23.0 Å². The van der Waals surface area contributed by atoms with Crippen LogP contribution in [0.1, 0.15) is 24.4 Å². The Labute approximate surface area is 110 Å². The third-order valence-corrected chi connectivity index (χ3v) is 2.79. The molecular weight excluding hydrogens is 273 g/mol. The maximum atomic E-state index is 13.6. The fourth-order valence-electron chi connectivity index (χ4n) is 1.36. The van der Waals surface area contributed by atoms with Crippen molar-refractivity contribution in [3.8, 4) is 0 Å². The first kappa shape index (κ1) is 15.9. The molecule has 0 radical (unpaired) electrons. The van der Waals surface area contributed by atoms with E-state index in [0.717, 1.165) is 6.42 Å². The Morgan fingerprint density at radius 2 is 1.81 bits per heavy atom. The van der Waals surface area contributed by atoms with Crippen molar-refractivity contribution in [1.82, 2.24) is 0 Å².